The summed E-state index contributed by atoms with van der Waals surface area (Å²) in [6.45, 7) is 2.04. The molecule has 1 heterocycles. The van der Waals surface area contributed by atoms with Gasteiger partial charge in [0.25, 0.3) is 0 Å². The van der Waals surface area contributed by atoms with Crippen molar-refractivity contribution in [2.45, 2.75) is 6.92 Å². The van der Waals surface area contributed by atoms with Gasteiger partial charge in [0.2, 0.25) is 0 Å². The minimum absolute atomic E-state index is 0.404. The van der Waals surface area contributed by atoms with Crippen LogP contribution in [0, 0.1) is 18.8 Å². The molecule has 3 heteroatoms. The van der Waals surface area contributed by atoms with Gasteiger partial charge in [0, 0.05) is 5.56 Å². The molecule has 1 aromatic carbocycles. The molecule has 0 aliphatic heterocycles. The molecular weight excluding hydrogens is 198 g/mol. The van der Waals surface area contributed by atoms with Gasteiger partial charge in [0.1, 0.15) is 11.5 Å². The smallest absolute Gasteiger partial charge is 0.141 e. The van der Waals surface area contributed by atoms with Gasteiger partial charge in [-0.3, -0.25) is 0 Å². The Morgan fingerprint density at radius 2 is 1.75 bits per heavy atom. The normalized spacial score (nSPS) is 9.31. The lowest BCUT2D eigenvalue weighted by atomic mass is 10.1. The van der Waals surface area contributed by atoms with Crippen molar-refractivity contribution in [3.8, 4) is 11.8 Å². The van der Waals surface area contributed by atoms with E-state index >= 15 is 0 Å². The lowest BCUT2D eigenvalue weighted by Crippen LogP contribution is -1.92. The Labute approximate surface area is 94.4 Å². The number of anilines is 1. The third kappa shape index (κ3) is 2.58. The first-order chi connectivity index (χ1) is 7.74. The van der Waals surface area contributed by atoms with Gasteiger partial charge in [0.15, 0.2) is 0 Å². The average molecular weight is 209 g/mol. The lowest BCUT2D eigenvalue weighted by Gasteiger charge is -1.92. The third-order valence-corrected chi connectivity index (χ3v) is 2.06. The van der Waals surface area contributed by atoms with E-state index in [1.807, 2.05) is 31.2 Å². The summed E-state index contributed by atoms with van der Waals surface area (Å²) in [5.41, 5.74) is 8.23. The Balaban J connectivity index is 2.21. The first-order valence-electron chi connectivity index (χ1n) is 4.90. The standard InChI is InChI=1S/C13H11N3/c1-10-2-4-11(5-3-10)6-7-12-8-16-13(14)9-15-12/h2-5,8-9H,1H3,(H2,14,16). The van der Waals surface area contributed by atoms with E-state index in [1.165, 1.54) is 11.8 Å². The second-order valence-electron chi connectivity index (χ2n) is 3.44. The molecule has 0 spiro atoms. The highest BCUT2D eigenvalue weighted by Crippen LogP contribution is 2.01. The minimum atomic E-state index is 0.404. The maximum absolute atomic E-state index is 5.43. The monoisotopic (exact) mass is 209 g/mol. The number of rotatable bonds is 0. The quantitative estimate of drug-likeness (QED) is 0.673. The molecule has 0 radical (unpaired) electrons. The zero-order valence-corrected chi connectivity index (χ0v) is 8.94. The summed E-state index contributed by atoms with van der Waals surface area (Å²) in [5, 5.41) is 0. The molecule has 2 N–H and O–H groups in total. The van der Waals surface area contributed by atoms with Gasteiger partial charge in [0.05, 0.1) is 12.4 Å². The van der Waals surface area contributed by atoms with Crippen LogP contribution in [0.1, 0.15) is 16.8 Å². The Hall–Kier alpha value is -2.34. The topological polar surface area (TPSA) is 51.8 Å². The number of hydrogen-bond acceptors (Lipinski definition) is 3. The number of hydrogen-bond donors (Lipinski definition) is 1. The average Bonchev–Trinajstić information content (AvgIpc) is 2.30. The summed E-state index contributed by atoms with van der Waals surface area (Å²) >= 11 is 0. The van der Waals surface area contributed by atoms with Crippen molar-refractivity contribution in [3.05, 3.63) is 53.5 Å². The van der Waals surface area contributed by atoms with E-state index in [0.717, 1.165) is 5.56 Å². The molecule has 0 aliphatic carbocycles. The van der Waals surface area contributed by atoms with Crippen LogP contribution in [0.2, 0.25) is 0 Å². The fourth-order valence-electron chi connectivity index (χ4n) is 1.18. The number of nitrogen functional groups attached to an aromatic ring is 1. The van der Waals surface area contributed by atoms with Crippen LogP contribution in [0.15, 0.2) is 36.7 Å². The van der Waals surface area contributed by atoms with Crippen LogP contribution in [-0.2, 0) is 0 Å². The van der Waals surface area contributed by atoms with Crippen molar-refractivity contribution in [2.24, 2.45) is 0 Å². The first-order valence-corrected chi connectivity index (χ1v) is 4.90. The van der Waals surface area contributed by atoms with Crippen molar-refractivity contribution in [3.63, 3.8) is 0 Å². The molecule has 78 valence electrons. The fourth-order valence-corrected chi connectivity index (χ4v) is 1.18. The number of aryl methyl sites for hydroxylation is 1. The van der Waals surface area contributed by atoms with E-state index in [1.54, 1.807) is 6.20 Å². The van der Waals surface area contributed by atoms with Gasteiger partial charge < -0.3 is 5.73 Å². The maximum atomic E-state index is 5.43. The molecule has 0 bridgehead atoms. The molecular formula is C13H11N3. The van der Waals surface area contributed by atoms with Crippen LogP contribution in [0.4, 0.5) is 5.82 Å². The zero-order valence-electron chi connectivity index (χ0n) is 8.94. The number of aromatic nitrogens is 2. The van der Waals surface area contributed by atoms with E-state index in [4.69, 9.17) is 5.73 Å². The molecule has 0 unspecified atom stereocenters. The van der Waals surface area contributed by atoms with E-state index in [0.29, 0.717) is 11.5 Å². The summed E-state index contributed by atoms with van der Waals surface area (Å²) < 4.78 is 0. The van der Waals surface area contributed by atoms with Gasteiger partial charge in [-0.15, -0.1) is 0 Å². The predicted molar refractivity (Wildman–Crippen MR) is 63.6 cm³/mol. The molecule has 2 rings (SSSR count). The Morgan fingerprint density at radius 1 is 1.00 bits per heavy atom. The van der Waals surface area contributed by atoms with Crippen molar-refractivity contribution < 1.29 is 0 Å². The van der Waals surface area contributed by atoms with E-state index in [9.17, 15) is 0 Å². The van der Waals surface area contributed by atoms with Crippen LogP contribution in [0.25, 0.3) is 0 Å². The Bertz CT molecular complexity index is 481. The van der Waals surface area contributed by atoms with E-state index in [2.05, 4.69) is 21.8 Å². The van der Waals surface area contributed by atoms with Gasteiger partial charge in [-0.05, 0) is 25.0 Å². The molecule has 0 saturated carbocycles. The van der Waals surface area contributed by atoms with Gasteiger partial charge in [-0.1, -0.05) is 23.6 Å². The SMILES string of the molecule is Cc1ccc(C#Cc2cnc(N)cn2)cc1. The second-order valence-corrected chi connectivity index (χ2v) is 3.44. The number of nitrogens with zero attached hydrogens (tertiary/aromatic N) is 2. The highest BCUT2D eigenvalue weighted by molar-refractivity contribution is 5.41. The highest BCUT2D eigenvalue weighted by Gasteiger charge is 1.90. The van der Waals surface area contributed by atoms with Crippen LogP contribution < -0.4 is 5.73 Å². The second kappa shape index (κ2) is 4.45. The van der Waals surface area contributed by atoms with Crippen molar-refractivity contribution in [1.29, 1.82) is 0 Å². The van der Waals surface area contributed by atoms with Crippen molar-refractivity contribution in [1.82, 2.24) is 9.97 Å². The largest absolute Gasteiger partial charge is 0.382 e. The molecule has 0 atom stereocenters. The van der Waals surface area contributed by atoms with Gasteiger partial charge in [-0.25, -0.2) is 9.97 Å². The fraction of sp³-hybridized carbons (Fsp3) is 0.0769. The predicted octanol–water partition coefficient (Wildman–Crippen LogP) is 1.77. The van der Waals surface area contributed by atoms with Crippen LogP contribution in [0.3, 0.4) is 0 Å². The van der Waals surface area contributed by atoms with E-state index < -0.39 is 0 Å². The summed E-state index contributed by atoms with van der Waals surface area (Å²) in [6, 6.07) is 8.01. The maximum Gasteiger partial charge on any atom is 0.141 e. The number of benzene rings is 1. The van der Waals surface area contributed by atoms with Crippen molar-refractivity contribution >= 4 is 5.82 Å². The highest BCUT2D eigenvalue weighted by atomic mass is 14.9. The summed E-state index contributed by atoms with van der Waals surface area (Å²) in [7, 11) is 0. The lowest BCUT2D eigenvalue weighted by molar-refractivity contribution is 1.18. The molecule has 3 nitrogen and oxygen atoms in total. The van der Waals surface area contributed by atoms with Gasteiger partial charge >= 0.3 is 0 Å². The molecule has 0 saturated heterocycles. The zero-order chi connectivity index (χ0) is 11.4. The minimum Gasteiger partial charge on any atom is -0.382 e. The van der Waals surface area contributed by atoms with Crippen molar-refractivity contribution in [2.75, 3.05) is 5.73 Å². The van der Waals surface area contributed by atoms with Crippen LogP contribution in [0.5, 0.6) is 0 Å². The summed E-state index contributed by atoms with van der Waals surface area (Å²) in [4.78, 5) is 7.97. The molecule has 16 heavy (non-hydrogen) atoms. The number of nitrogens with two attached hydrogens (primary N) is 1. The van der Waals surface area contributed by atoms with E-state index in [-0.39, 0.29) is 0 Å². The summed E-state index contributed by atoms with van der Waals surface area (Å²) in [5.74, 6) is 6.35. The molecule has 2 aromatic rings. The molecule has 0 amide bonds. The Morgan fingerprint density at radius 3 is 2.38 bits per heavy atom. The molecule has 0 fully saturated rings. The summed E-state index contributed by atoms with van der Waals surface area (Å²) in [6.07, 6.45) is 3.07. The van der Waals surface area contributed by atoms with Crippen LogP contribution >= 0.6 is 0 Å². The molecule has 0 aliphatic rings. The third-order valence-electron chi connectivity index (χ3n) is 2.06. The van der Waals surface area contributed by atoms with Crippen LogP contribution in [-0.4, -0.2) is 9.97 Å². The first kappa shape index (κ1) is 10.2. The Kier molecular flexibility index (Phi) is 2.84. The molecule has 1 aromatic heterocycles. The van der Waals surface area contributed by atoms with Gasteiger partial charge in [-0.2, -0.15) is 0 Å².